The van der Waals surface area contributed by atoms with Gasteiger partial charge in [-0.15, -0.1) is 0 Å². The Balaban J connectivity index is 3.84. The lowest BCUT2D eigenvalue weighted by Crippen LogP contribution is -2.39. The van der Waals surface area contributed by atoms with E-state index in [1.807, 2.05) is 0 Å². The minimum atomic E-state index is -0.0456. The average molecular weight is 159 g/mol. The van der Waals surface area contributed by atoms with E-state index in [4.69, 9.17) is 10.5 Å². The van der Waals surface area contributed by atoms with Crippen LogP contribution in [0, 0.1) is 0 Å². The van der Waals surface area contributed by atoms with Gasteiger partial charge in [-0.25, -0.2) is 0 Å². The van der Waals surface area contributed by atoms with Gasteiger partial charge in [0.1, 0.15) is 0 Å². The van der Waals surface area contributed by atoms with Crippen molar-refractivity contribution in [3.05, 3.63) is 0 Å². The van der Waals surface area contributed by atoms with Gasteiger partial charge in [0.15, 0.2) is 0 Å². The molecule has 0 aliphatic carbocycles. The molecule has 11 heavy (non-hydrogen) atoms. The fraction of sp³-hybridized carbons (Fsp3) is 1.00. The fourth-order valence-corrected chi connectivity index (χ4v) is 1.25. The zero-order valence-electron chi connectivity index (χ0n) is 8.02. The highest BCUT2D eigenvalue weighted by Crippen LogP contribution is 2.20. The van der Waals surface area contributed by atoms with E-state index in [1.54, 1.807) is 7.11 Å². The Morgan fingerprint density at radius 1 is 1.36 bits per heavy atom. The van der Waals surface area contributed by atoms with Crippen LogP contribution in [0.2, 0.25) is 0 Å². The molecule has 0 rings (SSSR count). The van der Waals surface area contributed by atoms with Crippen LogP contribution in [0.4, 0.5) is 0 Å². The van der Waals surface area contributed by atoms with Gasteiger partial charge in [0.05, 0.1) is 5.60 Å². The van der Waals surface area contributed by atoms with Crippen molar-refractivity contribution in [2.24, 2.45) is 5.73 Å². The first kappa shape index (κ1) is 10.9. The molecule has 0 aliphatic rings. The number of nitrogens with two attached hydrogens (primary N) is 1. The Kier molecular flexibility index (Phi) is 5.51. The summed E-state index contributed by atoms with van der Waals surface area (Å²) in [6, 6.07) is 0. The summed E-state index contributed by atoms with van der Waals surface area (Å²) >= 11 is 0. The first-order chi connectivity index (χ1) is 5.24. The van der Waals surface area contributed by atoms with Crippen LogP contribution in [0.15, 0.2) is 0 Å². The summed E-state index contributed by atoms with van der Waals surface area (Å²) in [7, 11) is 1.76. The summed E-state index contributed by atoms with van der Waals surface area (Å²) in [5.74, 6) is 0. The maximum atomic E-state index is 5.64. The average Bonchev–Trinajstić information content (AvgIpc) is 2.08. The maximum Gasteiger partial charge on any atom is 0.0797 e. The van der Waals surface area contributed by atoms with Crippen LogP contribution in [-0.2, 0) is 4.74 Å². The third-order valence-electron chi connectivity index (χ3n) is 2.44. The first-order valence-electron chi connectivity index (χ1n) is 4.50. The number of hydrogen-bond acceptors (Lipinski definition) is 2. The van der Waals surface area contributed by atoms with Gasteiger partial charge < -0.3 is 10.5 Å². The molecular formula is C9H21NO. The lowest BCUT2D eigenvalue weighted by Gasteiger charge is -2.29. The molecule has 0 saturated carbocycles. The normalized spacial score (nSPS) is 16.4. The Bertz CT molecular complexity index is 81.3. The van der Waals surface area contributed by atoms with Crippen molar-refractivity contribution in [2.45, 2.75) is 45.1 Å². The van der Waals surface area contributed by atoms with Crippen LogP contribution in [0.25, 0.3) is 0 Å². The summed E-state index contributed by atoms with van der Waals surface area (Å²) in [6.45, 7) is 4.96. The lowest BCUT2D eigenvalue weighted by molar-refractivity contribution is -0.0143. The highest BCUT2D eigenvalue weighted by atomic mass is 16.5. The molecule has 2 N–H and O–H groups in total. The monoisotopic (exact) mass is 159 g/mol. The zero-order valence-corrected chi connectivity index (χ0v) is 8.02. The highest BCUT2D eigenvalue weighted by Gasteiger charge is 2.24. The summed E-state index contributed by atoms with van der Waals surface area (Å²) in [4.78, 5) is 0. The summed E-state index contributed by atoms with van der Waals surface area (Å²) in [5, 5.41) is 0. The molecule has 2 heteroatoms. The summed E-state index contributed by atoms with van der Waals surface area (Å²) < 4.78 is 5.41. The molecule has 0 saturated heterocycles. The first-order valence-corrected chi connectivity index (χ1v) is 4.50. The van der Waals surface area contributed by atoms with Crippen molar-refractivity contribution >= 4 is 0 Å². The number of unbranched alkanes of at least 4 members (excludes halogenated alkanes) is 1. The second kappa shape index (κ2) is 5.56. The van der Waals surface area contributed by atoms with Crippen molar-refractivity contribution in [3.63, 3.8) is 0 Å². The van der Waals surface area contributed by atoms with Crippen LogP contribution in [0.3, 0.4) is 0 Å². The molecule has 0 aliphatic heterocycles. The molecular weight excluding hydrogens is 138 g/mol. The molecule has 0 amide bonds. The van der Waals surface area contributed by atoms with Gasteiger partial charge in [0, 0.05) is 13.7 Å². The smallest absolute Gasteiger partial charge is 0.0797 e. The molecule has 2 nitrogen and oxygen atoms in total. The molecule has 0 fully saturated rings. The van der Waals surface area contributed by atoms with E-state index in [0.29, 0.717) is 6.54 Å². The van der Waals surface area contributed by atoms with Gasteiger partial charge in [-0.3, -0.25) is 0 Å². The third-order valence-corrected chi connectivity index (χ3v) is 2.44. The van der Waals surface area contributed by atoms with Crippen molar-refractivity contribution in [3.8, 4) is 0 Å². The van der Waals surface area contributed by atoms with E-state index in [1.165, 1.54) is 12.8 Å². The van der Waals surface area contributed by atoms with Crippen LogP contribution < -0.4 is 5.73 Å². The third kappa shape index (κ3) is 3.21. The van der Waals surface area contributed by atoms with Gasteiger partial charge in [-0.05, 0) is 12.8 Å². The van der Waals surface area contributed by atoms with E-state index in [0.717, 1.165) is 12.8 Å². The highest BCUT2D eigenvalue weighted by molar-refractivity contribution is 4.79. The van der Waals surface area contributed by atoms with Crippen LogP contribution >= 0.6 is 0 Å². The molecule has 0 aromatic carbocycles. The van der Waals surface area contributed by atoms with E-state index in [9.17, 15) is 0 Å². The largest absolute Gasteiger partial charge is 0.377 e. The second-order valence-corrected chi connectivity index (χ2v) is 3.05. The van der Waals surface area contributed by atoms with Crippen molar-refractivity contribution in [1.82, 2.24) is 0 Å². The van der Waals surface area contributed by atoms with E-state index >= 15 is 0 Å². The predicted octanol–water partition coefficient (Wildman–Crippen LogP) is 1.93. The van der Waals surface area contributed by atoms with Crippen LogP contribution in [0.5, 0.6) is 0 Å². The number of hydrogen-bond donors (Lipinski definition) is 1. The van der Waals surface area contributed by atoms with Crippen molar-refractivity contribution in [1.29, 1.82) is 0 Å². The summed E-state index contributed by atoms with van der Waals surface area (Å²) in [5.41, 5.74) is 5.60. The molecule has 0 heterocycles. The lowest BCUT2D eigenvalue weighted by atomic mass is 9.94. The predicted molar refractivity (Wildman–Crippen MR) is 48.6 cm³/mol. The van der Waals surface area contributed by atoms with E-state index < -0.39 is 0 Å². The molecule has 0 aromatic heterocycles. The fourth-order valence-electron chi connectivity index (χ4n) is 1.25. The zero-order chi connectivity index (χ0) is 8.74. The second-order valence-electron chi connectivity index (χ2n) is 3.05. The standard InChI is InChI=1S/C9H21NO/c1-4-6-7-9(5-2,8-10)11-3/h4-8,10H2,1-3H3. The van der Waals surface area contributed by atoms with Gasteiger partial charge in [-0.1, -0.05) is 26.7 Å². The molecule has 0 aromatic rings. The van der Waals surface area contributed by atoms with E-state index in [-0.39, 0.29) is 5.60 Å². The minimum Gasteiger partial charge on any atom is -0.377 e. The molecule has 0 spiro atoms. The van der Waals surface area contributed by atoms with Crippen LogP contribution in [-0.4, -0.2) is 19.3 Å². The number of ether oxygens (including phenoxy) is 1. The SMILES string of the molecule is CCCCC(CC)(CN)OC. The Hall–Kier alpha value is -0.0800. The molecule has 1 atom stereocenters. The molecule has 1 unspecified atom stereocenters. The van der Waals surface area contributed by atoms with Crippen molar-refractivity contribution < 1.29 is 4.74 Å². The van der Waals surface area contributed by atoms with Crippen molar-refractivity contribution in [2.75, 3.05) is 13.7 Å². The Labute approximate surface area is 70.1 Å². The van der Waals surface area contributed by atoms with Gasteiger partial charge in [0.25, 0.3) is 0 Å². The minimum absolute atomic E-state index is 0.0456. The molecule has 0 radical (unpaired) electrons. The molecule has 68 valence electrons. The maximum absolute atomic E-state index is 5.64. The Morgan fingerprint density at radius 3 is 2.27 bits per heavy atom. The topological polar surface area (TPSA) is 35.2 Å². The number of methoxy groups -OCH3 is 1. The quantitative estimate of drug-likeness (QED) is 0.642. The van der Waals surface area contributed by atoms with Crippen LogP contribution in [0.1, 0.15) is 39.5 Å². The Morgan fingerprint density at radius 2 is 2.00 bits per heavy atom. The van der Waals surface area contributed by atoms with Gasteiger partial charge >= 0.3 is 0 Å². The number of rotatable bonds is 6. The van der Waals surface area contributed by atoms with Gasteiger partial charge in [-0.2, -0.15) is 0 Å². The van der Waals surface area contributed by atoms with Gasteiger partial charge in [0.2, 0.25) is 0 Å². The molecule has 0 bridgehead atoms. The van der Waals surface area contributed by atoms with E-state index in [2.05, 4.69) is 13.8 Å². The summed E-state index contributed by atoms with van der Waals surface area (Å²) in [6.07, 6.45) is 4.52.